The standard InChI is InChI=1S/C72H139N2O6P/c1-6-8-10-12-14-16-18-20-22-24-26-27-28-29-30-31-32-33-34-35-36-37-38-39-40-41-42-43-44-45-46-47-48-50-52-54-56-58-60-62-64-66-72(76)73-70(69-80-81(77,78)79-68-67-74(3,4)5)71(75)65-63-61-59-57-55-53-51-49-25-23-21-19-17-15-13-11-9-7-2/h18,20,24,26,55,57,63,65,70-71,75H,6-17,19,21-23,25,27-54,56,58-62,64,66-69H2,1-5H3,(H-,73,76,77,78)/p+1/b20-18-,26-24-,57-55+,65-63+. The summed E-state index contributed by atoms with van der Waals surface area (Å²) in [6, 6.07) is -0.862. The maximum Gasteiger partial charge on any atom is 0.472 e. The zero-order valence-electron chi connectivity index (χ0n) is 54.8. The lowest BCUT2D eigenvalue weighted by atomic mass is 10.0. The molecule has 3 atom stereocenters. The zero-order valence-corrected chi connectivity index (χ0v) is 55.7. The molecule has 8 nitrogen and oxygen atoms in total. The van der Waals surface area contributed by atoms with Crippen LogP contribution >= 0.6 is 7.82 Å². The molecular weight excluding hydrogens is 1020 g/mol. The van der Waals surface area contributed by atoms with Crippen molar-refractivity contribution < 1.29 is 32.9 Å². The summed E-state index contributed by atoms with van der Waals surface area (Å²) < 4.78 is 23.8. The van der Waals surface area contributed by atoms with Gasteiger partial charge in [0.2, 0.25) is 5.91 Å². The third-order valence-corrected chi connectivity index (χ3v) is 17.3. The summed E-state index contributed by atoms with van der Waals surface area (Å²) in [6.45, 7) is 4.83. The van der Waals surface area contributed by atoms with Crippen molar-refractivity contribution in [3.8, 4) is 0 Å². The molecule has 0 saturated heterocycles. The predicted octanol–water partition coefficient (Wildman–Crippen LogP) is 22.6. The lowest BCUT2D eigenvalue weighted by Gasteiger charge is -2.25. The van der Waals surface area contributed by atoms with Crippen LogP contribution in [-0.4, -0.2) is 73.4 Å². The van der Waals surface area contributed by atoms with E-state index in [0.29, 0.717) is 17.4 Å². The molecule has 0 aliphatic carbocycles. The van der Waals surface area contributed by atoms with Gasteiger partial charge in [-0.25, -0.2) is 4.57 Å². The molecule has 478 valence electrons. The Labute approximate surface area is 505 Å². The van der Waals surface area contributed by atoms with Gasteiger partial charge in [-0.3, -0.25) is 13.8 Å². The summed E-state index contributed by atoms with van der Waals surface area (Å²) in [6.07, 6.45) is 85.7. The number of aliphatic hydroxyl groups excluding tert-OH is 1. The summed E-state index contributed by atoms with van der Waals surface area (Å²) in [5.74, 6) is -0.180. The Kier molecular flexibility index (Phi) is 61.8. The second-order valence-electron chi connectivity index (χ2n) is 25.6. The Balaban J connectivity index is 3.90. The van der Waals surface area contributed by atoms with Crippen molar-refractivity contribution in [1.82, 2.24) is 5.32 Å². The fourth-order valence-corrected chi connectivity index (χ4v) is 11.5. The highest BCUT2D eigenvalue weighted by molar-refractivity contribution is 7.47. The number of unbranched alkanes of at least 4 members (excludes halogenated alkanes) is 47. The normalized spacial score (nSPS) is 13.9. The molecule has 0 aromatic heterocycles. The summed E-state index contributed by atoms with van der Waals surface area (Å²) in [5, 5.41) is 14.0. The van der Waals surface area contributed by atoms with Crippen molar-refractivity contribution in [2.24, 2.45) is 0 Å². The number of amides is 1. The van der Waals surface area contributed by atoms with Crippen LogP contribution in [0.15, 0.2) is 48.6 Å². The van der Waals surface area contributed by atoms with Crippen molar-refractivity contribution in [3.63, 3.8) is 0 Å². The minimum atomic E-state index is -4.36. The Hall–Kier alpha value is -1.54. The minimum Gasteiger partial charge on any atom is -0.387 e. The van der Waals surface area contributed by atoms with E-state index in [1.807, 2.05) is 27.2 Å². The van der Waals surface area contributed by atoms with Gasteiger partial charge in [-0.15, -0.1) is 0 Å². The van der Waals surface area contributed by atoms with Crippen LogP contribution in [0.5, 0.6) is 0 Å². The number of carbonyl (C=O) groups is 1. The molecule has 0 aliphatic rings. The van der Waals surface area contributed by atoms with E-state index in [1.165, 1.54) is 289 Å². The summed E-state index contributed by atoms with van der Waals surface area (Å²) >= 11 is 0. The maximum atomic E-state index is 13.0. The van der Waals surface area contributed by atoms with E-state index in [-0.39, 0.29) is 19.1 Å². The number of likely N-dealkylation sites (N-methyl/N-ethyl adjacent to an activating group) is 1. The Bertz CT molecular complexity index is 1460. The van der Waals surface area contributed by atoms with Crippen molar-refractivity contribution in [3.05, 3.63) is 48.6 Å². The van der Waals surface area contributed by atoms with Gasteiger partial charge in [0, 0.05) is 6.42 Å². The molecule has 3 N–H and O–H groups in total. The fraction of sp³-hybridized carbons (Fsp3) is 0.875. The minimum absolute atomic E-state index is 0.0578. The van der Waals surface area contributed by atoms with E-state index in [1.54, 1.807) is 6.08 Å². The van der Waals surface area contributed by atoms with E-state index >= 15 is 0 Å². The molecule has 0 aromatic rings. The first kappa shape index (κ1) is 79.5. The molecule has 0 bridgehead atoms. The molecule has 0 fully saturated rings. The number of hydrogen-bond acceptors (Lipinski definition) is 5. The first-order chi connectivity index (χ1) is 39.5. The van der Waals surface area contributed by atoms with Crippen molar-refractivity contribution in [1.29, 1.82) is 0 Å². The third-order valence-electron chi connectivity index (χ3n) is 16.3. The fourth-order valence-electron chi connectivity index (χ4n) is 10.7. The molecule has 0 radical (unpaired) electrons. The van der Waals surface area contributed by atoms with Crippen LogP contribution in [0.3, 0.4) is 0 Å². The number of allylic oxidation sites excluding steroid dienone is 7. The van der Waals surface area contributed by atoms with Crippen LogP contribution in [0, 0.1) is 0 Å². The smallest absolute Gasteiger partial charge is 0.387 e. The van der Waals surface area contributed by atoms with Gasteiger partial charge in [0.1, 0.15) is 13.2 Å². The van der Waals surface area contributed by atoms with Gasteiger partial charge in [0.15, 0.2) is 0 Å². The Morgan fingerprint density at radius 1 is 0.420 bits per heavy atom. The predicted molar refractivity (Wildman–Crippen MR) is 355 cm³/mol. The lowest BCUT2D eigenvalue weighted by Crippen LogP contribution is -2.45. The molecule has 3 unspecified atom stereocenters. The van der Waals surface area contributed by atoms with E-state index < -0.39 is 20.0 Å². The maximum absolute atomic E-state index is 13.0. The van der Waals surface area contributed by atoms with Crippen molar-refractivity contribution in [2.75, 3.05) is 40.9 Å². The summed E-state index contributed by atoms with van der Waals surface area (Å²) in [5.41, 5.74) is 0. The second-order valence-corrected chi connectivity index (χ2v) is 27.1. The SMILES string of the molecule is CCCCCCC/C=C\C/C=C\CCCCCCCCCCCCCCCCCCCCCCCCCCCCCCCC(=O)NC(COP(=O)(O)OCC[N+](C)(C)C)C(O)/C=C/CC/C=C/CCCCCCCCCCCCCC. The van der Waals surface area contributed by atoms with Crippen LogP contribution in [0.4, 0.5) is 0 Å². The lowest BCUT2D eigenvalue weighted by molar-refractivity contribution is -0.870. The second kappa shape index (κ2) is 63.0. The number of hydrogen-bond donors (Lipinski definition) is 3. The molecule has 9 heteroatoms. The van der Waals surface area contributed by atoms with E-state index in [9.17, 15) is 19.4 Å². The first-order valence-corrected chi connectivity index (χ1v) is 37.0. The number of nitrogens with zero attached hydrogens (tertiary/aromatic N) is 1. The van der Waals surface area contributed by atoms with Gasteiger partial charge in [0.05, 0.1) is 39.9 Å². The third kappa shape index (κ3) is 65.9. The molecule has 1 amide bonds. The topological polar surface area (TPSA) is 105 Å². The Morgan fingerprint density at radius 3 is 1.06 bits per heavy atom. The highest BCUT2D eigenvalue weighted by atomic mass is 31.2. The van der Waals surface area contributed by atoms with Gasteiger partial charge >= 0.3 is 7.82 Å². The average molecular weight is 1160 g/mol. The molecule has 0 aromatic carbocycles. The zero-order chi connectivity index (χ0) is 59.1. The van der Waals surface area contributed by atoms with Crippen molar-refractivity contribution >= 4 is 13.7 Å². The van der Waals surface area contributed by atoms with Gasteiger partial charge in [0.25, 0.3) is 0 Å². The quantitative estimate of drug-likeness (QED) is 0.0243. The number of aliphatic hydroxyl groups is 1. The van der Waals surface area contributed by atoms with Gasteiger partial charge in [-0.2, -0.15) is 0 Å². The number of phosphoric acid groups is 1. The Morgan fingerprint density at radius 2 is 0.716 bits per heavy atom. The van der Waals surface area contributed by atoms with E-state index in [0.717, 1.165) is 44.9 Å². The molecule has 0 spiro atoms. The van der Waals surface area contributed by atoms with E-state index in [2.05, 4.69) is 55.6 Å². The molecular formula is C72H140N2O6P+. The number of phosphoric ester groups is 1. The van der Waals surface area contributed by atoms with Gasteiger partial charge < -0.3 is 19.8 Å². The van der Waals surface area contributed by atoms with Gasteiger partial charge in [-0.1, -0.05) is 332 Å². The number of quaternary nitrogens is 1. The summed E-state index contributed by atoms with van der Waals surface area (Å²) in [7, 11) is 1.57. The first-order valence-electron chi connectivity index (χ1n) is 35.5. The average Bonchev–Trinajstić information content (AvgIpc) is 3.43. The highest BCUT2D eigenvalue weighted by Crippen LogP contribution is 2.43. The van der Waals surface area contributed by atoms with Crippen LogP contribution < -0.4 is 5.32 Å². The number of nitrogens with one attached hydrogen (secondary N) is 1. The van der Waals surface area contributed by atoms with Crippen LogP contribution in [0.25, 0.3) is 0 Å². The largest absolute Gasteiger partial charge is 0.472 e. The molecule has 81 heavy (non-hydrogen) atoms. The molecule has 0 heterocycles. The van der Waals surface area contributed by atoms with Crippen molar-refractivity contribution in [2.45, 2.75) is 366 Å². The van der Waals surface area contributed by atoms with Gasteiger partial charge in [-0.05, 0) is 64.2 Å². The highest BCUT2D eigenvalue weighted by Gasteiger charge is 2.28. The number of carbonyl (C=O) groups excluding carboxylic acids is 1. The number of rotatable bonds is 66. The summed E-state index contributed by atoms with van der Waals surface area (Å²) in [4.78, 5) is 23.4. The molecule has 0 rings (SSSR count). The van der Waals surface area contributed by atoms with E-state index in [4.69, 9.17) is 9.05 Å². The van der Waals surface area contributed by atoms with Crippen LogP contribution in [0.1, 0.15) is 354 Å². The monoisotopic (exact) mass is 1160 g/mol. The van der Waals surface area contributed by atoms with Crippen LogP contribution in [0.2, 0.25) is 0 Å². The molecule has 0 saturated carbocycles. The van der Waals surface area contributed by atoms with Crippen LogP contribution in [-0.2, 0) is 18.4 Å². The molecule has 0 aliphatic heterocycles.